The third-order valence-corrected chi connectivity index (χ3v) is 9.09. The molecule has 0 bridgehead atoms. The molecule has 1 aliphatic rings. The molecule has 0 unspecified atom stereocenters. The Morgan fingerprint density at radius 3 is 2.65 bits per heavy atom. The Kier molecular flexibility index (Phi) is 7.00. The molecular formula is C28H29N3O4S2. The summed E-state index contributed by atoms with van der Waals surface area (Å²) in [6.45, 7) is 7.93. The number of hydrogen-bond donors (Lipinski definition) is 1. The quantitative estimate of drug-likeness (QED) is 0.315. The first-order valence-electron chi connectivity index (χ1n) is 12.5. The number of esters is 1. The lowest BCUT2D eigenvalue weighted by molar-refractivity contribution is -0.116. The van der Waals surface area contributed by atoms with Crippen molar-refractivity contribution in [1.29, 1.82) is 0 Å². The number of fused-ring (bicyclic) bond motifs is 2. The second kappa shape index (κ2) is 10.2. The maximum atomic E-state index is 13.6. The van der Waals surface area contributed by atoms with Gasteiger partial charge in [0.05, 0.1) is 23.9 Å². The van der Waals surface area contributed by atoms with Crippen LogP contribution in [0, 0.1) is 20.8 Å². The van der Waals surface area contributed by atoms with Crippen LogP contribution in [0.15, 0.2) is 29.3 Å². The van der Waals surface area contributed by atoms with E-state index in [0.29, 0.717) is 20.8 Å². The number of nitrogens with zero attached hydrogens (tertiary/aromatic N) is 2. The van der Waals surface area contributed by atoms with Gasteiger partial charge in [-0.1, -0.05) is 18.2 Å². The van der Waals surface area contributed by atoms with E-state index in [4.69, 9.17) is 4.74 Å². The molecule has 7 nitrogen and oxygen atoms in total. The predicted octanol–water partition coefficient (Wildman–Crippen LogP) is 5.81. The number of rotatable bonds is 6. The SMILES string of the molecule is CCOC(=O)c1c(NC(=O)Cn2cnc3sc(C)c(-c4ccc(C)c(C)c4)c3c2=O)sc2c1CCCC2. The fraction of sp³-hybridized carbons (Fsp3) is 0.357. The lowest BCUT2D eigenvalue weighted by atomic mass is 9.95. The topological polar surface area (TPSA) is 90.3 Å². The largest absolute Gasteiger partial charge is 0.462 e. The second-order valence-corrected chi connectivity index (χ2v) is 11.7. The Labute approximate surface area is 223 Å². The maximum Gasteiger partial charge on any atom is 0.341 e. The van der Waals surface area contributed by atoms with Gasteiger partial charge in [0.1, 0.15) is 16.4 Å². The van der Waals surface area contributed by atoms with Crippen LogP contribution in [-0.4, -0.2) is 28.0 Å². The summed E-state index contributed by atoms with van der Waals surface area (Å²) in [6.07, 6.45) is 5.19. The number of amides is 1. The third kappa shape index (κ3) is 4.73. The number of carbonyl (C=O) groups is 2. The Balaban J connectivity index is 1.48. The molecule has 1 aliphatic carbocycles. The number of thiophene rings is 2. The van der Waals surface area contributed by atoms with Crippen LogP contribution in [0.2, 0.25) is 0 Å². The first kappa shape index (κ1) is 25.4. The van der Waals surface area contributed by atoms with Crippen LogP contribution in [0.25, 0.3) is 21.3 Å². The van der Waals surface area contributed by atoms with Crippen molar-refractivity contribution in [1.82, 2.24) is 9.55 Å². The summed E-state index contributed by atoms with van der Waals surface area (Å²) in [4.78, 5) is 46.7. The van der Waals surface area contributed by atoms with Crippen molar-refractivity contribution in [3.63, 3.8) is 0 Å². The monoisotopic (exact) mass is 535 g/mol. The first-order valence-corrected chi connectivity index (χ1v) is 14.1. The summed E-state index contributed by atoms with van der Waals surface area (Å²) in [6, 6.07) is 6.16. The van der Waals surface area contributed by atoms with Crippen molar-refractivity contribution >= 4 is 49.8 Å². The number of aromatic nitrogens is 2. The van der Waals surface area contributed by atoms with Crippen molar-refractivity contribution in [3.8, 4) is 11.1 Å². The van der Waals surface area contributed by atoms with Crippen molar-refractivity contribution in [2.75, 3.05) is 11.9 Å². The minimum absolute atomic E-state index is 0.201. The molecule has 0 saturated heterocycles. The summed E-state index contributed by atoms with van der Waals surface area (Å²) in [7, 11) is 0. The Morgan fingerprint density at radius 2 is 1.89 bits per heavy atom. The molecular weight excluding hydrogens is 506 g/mol. The molecule has 9 heteroatoms. The number of aryl methyl sites for hydroxylation is 4. The lowest BCUT2D eigenvalue weighted by Gasteiger charge is -2.12. The summed E-state index contributed by atoms with van der Waals surface area (Å²) in [5.74, 6) is -0.795. The zero-order valence-corrected chi connectivity index (χ0v) is 23.0. The molecule has 0 fully saturated rings. The number of carbonyl (C=O) groups excluding carboxylic acids is 2. The van der Waals surface area contributed by atoms with Crippen LogP contribution < -0.4 is 10.9 Å². The van der Waals surface area contributed by atoms with Crippen molar-refractivity contribution < 1.29 is 14.3 Å². The van der Waals surface area contributed by atoms with Crippen LogP contribution in [-0.2, 0) is 28.9 Å². The Morgan fingerprint density at radius 1 is 1.11 bits per heavy atom. The van der Waals surface area contributed by atoms with Gasteiger partial charge < -0.3 is 10.1 Å². The molecule has 4 aromatic rings. The van der Waals surface area contributed by atoms with Gasteiger partial charge in [0.25, 0.3) is 5.56 Å². The van der Waals surface area contributed by atoms with E-state index in [9.17, 15) is 14.4 Å². The second-order valence-electron chi connectivity index (χ2n) is 9.37. The van der Waals surface area contributed by atoms with E-state index in [-0.39, 0.29) is 24.6 Å². The minimum atomic E-state index is -0.413. The van der Waals surface area contributed by atoms with Crippen molar-refractivity contribution in [2.45, 2.75) is 59.9 Å². The molecule has 1 aromatic carbocycles. The average molecular weight is 536 g/mol. The van der Waals surface area contributed by atoms with E-state index in [0.717, 1.165) is 57.7 Å². The molecule has 3 aromatic heterocycles. The molecule has 3 heterocycles. The van der Waals surface area contributed by atoms with Gasteiger partial charge >= 0.3 is 5.97 Å². The highest BCUT2D eigenvalue weighted by molar-refractivity contribution is 7.19. The minimum Gasteiger partial charge on any atom is -0.462 e. The number of anilines is 1. The highest BCUT2D eigenvalue weighted by Crippen LogP contribution is 2.39. The zero-order chi connectivity index (χ0) is 26.3. The lowest BCUT2D eigenvalue weighted by Crippen LogP contribution is -2.28. The first-order chi connectivity index (χ1) is 17.8. The highest BCUT2D eigenvalue weighted by atomic mass is 32.1. The van der Waals surface area contributed by atoms with Gasteiger partial charge in [0.15, 0.2) is 0 Å². The van der Waals surface area contributed by atoms with Gasteiger partial charge in [-0.05, 0) is 75.6 Å². The fourth-order valence-electron chi connectivity index (χ4n) is 4.89. The summed E-state index contributed by atoms with van der Waals surface area (Å²) in [5.41, 5.74) is 5.36. The van der Waals surface area contributed by atoms with Crippen molar-refractivity contribution in [2.24, 2.45) is 0 Å². The van der Waals surface area contributed by atoms with E-state index in [1.54, 1.807) is 6.92 Å². The smallest absolute Gasteiger partial charge is 0.341 e. The predicted molar refractivity (Wildman–Crippen MR) is 149 cm³/mol. The Hall–Kier alpha value is -3.30. The molecule has 192 valence electrons. The van der Waals surface area contributed by atoms with E-state index in [1.807, 2.05) is 13.0 Å². The molecule has 0 aliphatic heterocycles. The van der Waals surface area contributed by atoms with Gasteiger partial charge in [-0.25, -0.2) is 9.78 Å². The maximum absolute atomic E-state index is 13.6. The zero-order valence-electron chi connectivity index (χ0n) is 21.4. The van der Waals surface area contributed by atoms with Crippen LogP contribution >= 0.6 is 22.7 Å². The van der Waals surface area contributed by atoms with Gasteiger partial charge in [-0.15, -0.1) is 22.7 Å². The number of ether oxygens (including phenoxy) is 1. The molecule has 0 saturated carbocycles. The highest BCUT2D eigenvalue weighted by Gasteiger charge is 2.27. The number of hydrogen-bond acceptors (Lipinski definition) is 7. The van der Waals surface area contributed by atoms with E-state index >= 15 is 0 Å². The van der Waals surface area contributed by atoms with E-state index in [1.165, 1.54) is 39.1 Å². The van der Waals surface area contributed by atoms with Crippen molar-refractivity contribution in [3.05, 3.63) is 66.9 Å². The van der Waals surface area contributed by atoms with Gasteiger partial charge in [0, 0.05) is 15.3 Å². The van der Waals surface area contributed by atoms with E-state index < -0.39 is 5.97 Å². The Bertz CT molecular complexity index is 1600. The average Bonchev–Trinajstić information content (AvgIpc) is 3.40. The summed E-state index contributed by atoms with van der Waals surface area (Å²) < 4.78 is 6.63. The normalized spacial score (nSPS) is 13.0. The summed E-state index contributed by atoms with van der Waals surface area (Å²) >= 11 is 2.91. The molecule has 1 amide bonds. The standard InChI is InChI=1S/C28H29N3O4S2/c1-5-35-28(34)23-19-8-6-7-9-20(19)37-26(23)30-21(32)13-31-14-29-25-24(27(31)33)22(17(4)36-25)18-11-10-15(2)16(3)12-18/h10-12,14H,5-9,13H2,1-4H3,(H,30,32). The van der Waals surface area contributed by atoms with E-state index in [2.05, 4.69) is 36.3 Å². The summed E-state index contributed by atoms with van der Waals surface area (Å²) in [5, 5.41) is 3.92. The van der Waals surface area contributed by atoms with Crippen LogP contribution in [0.5, 0.6) is 0 Å². The van der Waals surface area contributed by atoms with Crippen LogP contribution in [0.4, 0.5) is 5.00 Å². The molecule has 0 atom stereocenters. The van der Waals surface area contributed by atoms with Crippen LogP contribution in [0.3, 0.4) is 0 Å². The van der Waals surface area contributed by atoms with Gasteiger partial charge in [0.2, 0.25) is 5.91 Å². The molecule has 5 rings (SSSR count). The fourth-order valence-corrected chi connectivity index (χ4v) is 7.19. The number of benzene rings is 1. The van der Waals surface area contributed by atoms with Gasteiger partial charge in [-0.2, -0.15) is 0 Å². The molecule has 0 radical (unpaired) electrons. The molecule has 37 heavy (non-hydrogen) atoms. The molecule has 0 spiro atoms. The number of nitrogens with one attached hydrogen (secondary N) is 1. The van der Waals surface area contributed by atoms with Crippen LogP contribution in [0.1, 0.15) is 56.6 Å². The molecule has 1 N–H and O–H groups in total. The third-order valence-electron chi connectivity index (χ3n) is 6.87. The van der Waals surface area contributed by atoms with Gasteiger partial charge in [-0.3, -0.25) is 14.2 Å².